The number of rotatable bonds is 3. The first kappa shape index (κ1) is 12.9. The molecule has 0 saturated heterocycles. The summed E-state index contributed by atoms with van der Waals surface area (Å²) in [5.74, 6) is 0. The minimum absolute atomic E-state index is 0.508. The largest absolute Gasteiger partial charge is 0.341 e. The summed E-state index contributed by atoms with van der Waals surface area (Å²) in [7, 11) is 0. The third kappa shape index (κ3) is 2.35. The Balaban J connectivity index is 2.07. The number of halogens is 1. The van der Waals surface area contributed by atoms with E-state index in [2.05, 4.69) is 53.5 Å². The van der Waals surface area contributed by atoms with Gasteiger partial charge in [-0.1, -0.05) is 54.1 Å². The molecule has 2 aromatic heterocycles. The molecule has 0 aliphatic rings. The lowest BCUT2D eigenvalue weighted by atomic mass is 10.1. The fourth-order valence-corrected chi connectivity index (χ4v) is 2.49. The van der Waals surface area contributed by atoms with E-state index in [0.717, 1.165) is 23.1 Å². The highest BCUT2D eigenvalue weighted by Gasteiger charge is 2.08. The van der Waals surface area contributed by atoms with Gasteiger partial charge in [0.15, 0.2) is 0 Å². The molecular formula is C17H15ClN2. The first-order valence-electron chi connectivity index (χ1n) is 6.51. The van der Waals surface area contributed by atoms with Gasteiger partial charge in [-0.3, -0.25) is 0 Å². The van der Waals surface area contributed by atoms with E-state index in [0.29, 0.717) is 5.15 Å². The summed E-state index contributed by atoms with van der Waals surface area (Å²) in [5, 5.41) is 0.508. The summed E-state index contributed by atoms with van der Waals surface area (Å²) in [6.07, 6.45) is 3.89. The Morgan fingerprint density at radius 1 is 1.20 bits per heavy atom. The van der Waals surface area contributed by atoms with E-state index in [-0.39, 0.29) is 0 Å². The normalized spacial score (nSPS) is 10.9. The number of aryl methyl sites for hydroxylation is 1. The minimum atomic E-state index is 0.508. The molecule has 0 bridgehead atoms. The molecule has 0 aliphatic heterocycles. The fraction of sp³-hybridized carbons (Fsp3) is 0.118. The molecule has 0 unspecified atom stereocenters. The maximum absolute atomic E-state index is 5.98. The van der Waals surface area contributed by atoms with Crippen LogP contribution in [0.1, 0.15) is 16.7 Å². The number of aromatic nitrogens is 2. The number of fused-ring (bicyclic) bond motifs is 1. The summed E-state index contributed by atoms with van der Waals surface area (Å²) in [6.45, 7) is 6.75. The van der Waals surface area contributed by atoms with Crippen LogP contribution in [-0.2, 0) is 6.54 Å². The number of nitrogens with zero attached hydrogens (tertiary/aromatic N) is 2. The van der Waals surface area contributed by atoms with Crippen LogP contribution in [0, 0.1) is 6.92 Å². The first-order chi connectivity index (χ1) is 9.67. The molecule has 0 fully saturated rings. The molecule has 3 rings (SSSR count). The van der Waals surface area contributed by atoms with Crippen LogP contribution in [0.4, 0.5) is 0 Å². The van der Waals surface area contributed by atoms with Crippen molar-refractivity contribution >= 4 is 28.7 Å². The topological polar surface area (TPSA) is 17.8 Å². The van der Waals surface area contributed by atoms with Crippen molar-refractivity contribution in [3.05, 3.63) is 71.0 Å². The van der Waals surface area contributed by atoms with E-state index in [4.69, 9.17) is 11.6 Å². The third-order valence-electron chi connectivity index (χ3n) is 3.41. The van der Waals surface area contributed by atoms with Crippen LogP contribution in [0.3, 0.4) is 0 Å². The molecule has 0 N–H and O–H groups in total. The van der Waals surface area contributed by atoms with Crippen molar-refractivity contribution in [3.63, 3.8) is 0 Å². The maximum atomic E-state index is 5.98. The molecule has 20 heavy (non-hydrogen) atoms. The zero-order valence-corrected chi connectivity index (χ0v) is 12.1. The predicted molar refractivity (Wildman–Crippen MR) is 85.1 cm³/mol. The van der Waals surface area contributed by atoms with Gasteiger partial charge >= 0.3 is 0 Å². The second-order valence-corrected chi connectivity index (χ2v) is 5.29. The van der Waals surface area contributed by atoms with E-state index in [1.807, 2.05) is 18.2 Å². The Morgan fingerprint density at radius 2 is 1.95 bits per heavy atom. The van der Waals surface area contributed by atoms with Gasteiger partial charge in [-0.05, 0) is 24.6 Å². The molecular weight excluding hydrogens is 268 g/mol. The molecule has 100 valence electrons. The lowest BCUT2D eigenvalue weighted by Gasteiger charge is -2.06. The summed E-state index contributed by atoms with van der Waals surface area (Å²) in [6, 6.07) is 12.4. The van der Waals surface area contributed by atoms with Crippen molar-refractivity contribution in [3.8, 4) is 0 Å². The second kappa shape index (κ2) is 5.14. The maximum Gasteiger partial charge on any atom is 0.129 e. The monoisotopic (exact) mass is 282 g/mol. The Bertz CT molecular complexity index is 770. The van der Waals surface area contributed by atoms with Crippen LogP contribution in [0.2, 0.25) is 5.15 Å². The van der Waals surface area contributed by atoms with Crippen LogP contribution >= 0.6 is 11.6 Å². The molecule has 3 heteroatoms. The molecule has 0 atom stereocenters. The van der Waals surface area contributed by atoms with Crippen molar-refractivity contribution in [2.24, 2.45) is 0 Å². The van der Waals surface area contributed by atoms with Crippen LogP contribution < -0.4 is 0 Å². The van der Waals surface area contributed by atoms with E-state index < -0.39 is 0 Å². The van der Waals surface area contributed by atoms with Crippen LogP contribution in [0.25, 0.3) is 17.1 Å². The lowest BCUT2D eigenvalue weighted by molar-refractivity contribution is 0.835. The summed E-state index contributed by atoms with van der Waals surface area (Å²) in [4.78, 5) is 4.40. The first-order valence-corrected chi connectivity index (χ1v) is 6.88. The second-order valence-electron chi connectivity index (χ2n) is 4.90. The zero-order valence-electron chi connectivity index (χ0n) is 11.3. The highest BCUT2D eigenvalue weighted by atomic mass is 35.5. The Morgan fingerprint density at radius 3 is 2.65 bits per heavy atom. The minimum Gasteiger partial charge on any atom is -0.341 e. The van der Waals surface area contributed by atoms with Crippen molar-refractivity contribution in [1.82, 2.24) is 9.55 Å². The molecule has 2 heterocycles. The van der Waals surface area contributed by atoms with Gasteiger partial charge in [-0.15, -0.1) is 0 Å². The van der Waals surface area contributed by atoms with Gasteiger partial charge < -0.3 is 4.57 Å². The molecule has 0 saturated carbocycles. The molecule has 0 radical (unpaired) electrons. The molecule has 0 spiro atoms. The Kier molecular flexibility index (Phi) is 3.33. The summed E-state index contributed by atoms with van der Waals surface area (Å²) < 4.78 is 2.18. The smallest absolute Gasteiger partial charge is 0.129 e. The molecule has 2 nitrogen and oxygen atoms in total. The van der Waals surface area contributed by atoms with Gasteiger partial charge in [0.2, 0.25) is 0 Å². The highest BCUT2D eigenvalue weighted by Crippen LogP contribution is 2.23. The van der Waals surface area contributed by atoms with E-state index in [9.17, 15) is 0 Å². The Hall–Kier alpha value is -2.06. The average Bonchev–Trinajstić information content (AvgIpc) is 2.78. The van der Waals surface area contributed by atoms with Crippen molar-refractivity contribution in [2.75, 3.05) is 0 Å². The van der Waals surface area contributed by atoms with E-state index >= 15 is 0 Å². The molecule has 0 aliphatic carbocycles. The quantitative estimate of drug-likeness (QED) is 0.637. The molecule has 0 amide bonds. The predicted octanol–water partition coefficient (Wildman–Crippen LogP) is 4.69. The standard InChI is InChI=1S/C17H15ClN2/c1-3-14-11-20(10-13-6-4-12(2)5-7-13)15-8-9-16(18)19-17(14)15/h3-9,11H,1,10H2,2H3. The number of hydrogen-bond acceptors (Lipinski definition) is 1. The van der Waals surface area contributed by atoms with Gasteiger partial charge in [0, 0.05) is 18.3 Å². The SMILES string of the molecule is C=Cc1cn(Cc2ccc(C)cc2)c2ccc(Cl)nc12. The van der Waals surface area contributed by atoms with E-state index in [1.54, 1.807) is 0 Å². The average molecular weight is 283 g/mol. The van der Waals surface area contributed by atoms with Gasteiger partial charge in [-0.25, -0.2) is 4.98 Å². The number of pyridine rings is 1. The van der Waals surface area contributed by atoms with Gasteiger partial charge in [0.1, 0.15) is 5.15 Å². The lowest BCUT2D eigenvalue weighted by Crippen LogP contribution is -1.97. The number of hydrogen-bond donors (Lipinski definition) is 0. The zero-order chi connectivity index (χ0) is 14.1. The van der Waals surface area contributed by atoms with Crippen LogP contribution in [0.5, 0.6) is 0 Å². The van der Waals surface area contributed by atoms with E-state index in [1.165, 1.54) is 11.1 Å². The van der Waals surface area contributed by atoms with Crippen LogP contribution in [0.15, 0.2) is 49.2 Å². The Labute approximate surface area is 123 Å². The van der Waals surface area contributed by atoms with Crippen molar-refractivity contribution in [2.45, 2.75) is 13.5 Å². The fourth-order valence-electron chi connectivity index (χ4n) is 2.34. The number of benzene rings is 1. The third-order valence-corrected chi connectivity index (χ3v) is 3.62. The van der Waals surface area contributed by atoms with Gasteiger partial charge in [-0.2, -0.15) is 0 Å². The molecule has 3 aromatic rings. The molecule has 1 aromatic carbocycles. The van der Waals surface area contributed by atoms with Gasteiger partial charge in [0.05, 0.1) is 11.0 Å². The summed E-state index contributed by atoms with van der Waals surface area (Å²) >= 11 is 5.98. The summed E-state index contributed by atoms with van der Waals surface area (Å²) in [5.41, 5.74) is 5.52. The highest BCUT2D eigenvalue weighted by molar-refractivity contribution is 6.29. The van der Waals surface area contributed by atoms with Crippen molar-refractivity contribution < 1.29 is 0 Å². The van der Waals surface area contributed by atoms with Crippen molar-refractivity contribution in [1.29, 1.82) is 0 Å². The van der Waals surface area contributed by atoms with Gasteiger partial charge in [0.25, 0.3) is 0 Å². The van der Waals surface area contributed by atoms with Crippen LogP contribution in [-0.4, -0.2) is 9.55 Å².